The van der Waals surface area contributed by atoms with E-state index in [2.05, 4.69) is 5.32 Å². The number of rotatable bonds is 7. The maximum Gasteiger partial charge on any atom is 0.123 e. The largest absolute Gasteiger partial charge is 0.389 e. The van der Waals surface area contributed by atoms with Crippen LogP contribution in [0.1, 0.15) is 44.2 Å². The second-order valence-corrected chi connectivity index (χ2v) is 5.58. The Morgan fingerprint density at radius 3 is 2.85 bits per heavy atom. The molecule has 2 atom stereocenters. The van der Waals surface area contributed by atoms with Gasteiger partial charge in [-0.05, 0) is 37.5 Å². The molecule has 0 amide bonds. The van der Waals surface area contributed by atoms with Gasteiger partial charge in [-0.15, -0.1) is 0 Å². The molecule has 1 aromatic carbocycles. The number of aliphatic hydroxyl groups is 1. The number of hydrogen-bond donors (Lipinski definition) is 2. The second kappa shape index (κ2) is 7.72. The minimum Gasteiger partial charge on any atom is -0.389 e. The van der Waals surface area contributed by atoms with E-state index in [1.54, 1.807) is 6.07 Å². The summed E-state index contributed by atoms with van der Waals surface area (Å²) < 4.78 is 18.8. The topological polar surface area (TPSA) is 41.5 Å². The van der Waals surface area contributed by atoms with Crippen molar-refractivity contribution in [1.29, 1.82) is 0 Å². The minimum absolute atomic E-state index is 0.00632. The molecular formula is C16H24FNO2. The van der Waals surface area contributed by atoms with Crippen molar-refractivity contribution in [2.24, 2.45) is 0 Å². The van der Waals surface area contributed by atoms with E-state index in [1.165, 1.54) is 25.0 Å². The highest BCUT2D eigenvalue weighted by Crippen LogP contribution is 2.21. The predicted octanol–water partition coefficient (Wildman–Crippen LogP) is 2.80. The highest BCUT2D eigenvalue weighted by molar-refractivity contribution is 5.19. The van der Waals surface area contributed by atoms with Crippen LogP contribution < -0.4 is 5.32 Å². The van der Waals surface area contributed by atoms with Gasteiger partial charge in [-0.2, -0.15) is 0 Å². The summed E-state index contributed by atoms with van der Waals surface area (Å²) in [6.45, 7) is 2.78. The normalized spacial score (nSPS) is 19.1. The van der Waals surface area contributed by atoms with Gasteiger partial charge < -0.3 is 15.2 Å². The molecule has 0 saturated heterocycles. The van der Waals surface area contributed by atoms with Crippen molar-refractivity contribution in [3.05, 3.63) is 35.6 Å². The molecule has 0 bridgehead atoms. The third-order valence-electron chi connectivity index (χ3n) is 3.83. The summed E-state index contributed by atoms with van der Waals surface area (Å²) in [7, 11) is 0. The first-order chi connectivity index (χ1) is 9.65. The molecule has 112 valence electrons. The van der Waals surface area contributed by atoms with Crippen LogP contribution in [0.3, 0.4) is 0 Å². The fraction of sp³-hybridized carbons (Fsp3) is 0.625. The zero-order valence-corrected chi connectivity index (χ0v) is 12.0. The van der Waals surface area contributed by atoms with Gasteiger partial charge >= 0.3 is 0 Å². The van der Waals surface area contributed by atoms with Crippen molar-refractivity contribution >= 4 is 0 Å². The van der Waals surface area contributed by atoms with Gasteiger partial charge in [-0.1, -0.05) is 25.0 Å². The number of hydrogen-bond acceptors (Lipinski definition) is 3. The SMILES string of the molecule is C[C@H](NCC(O)COC1CCCC1)c1cccc(F)c1. The number of ether oxygens (including phenoxy) is 1. The molecule has 0 aliphatic heterocycles. The smallest absolute Gasteiger partial charge is 0.123 e. The van der Waals surface area contributed by atoms with Crippen LogP contribution in [0.4, 0.5) is 4.39 Å². The fourth-order valence-electron chi connectivity index (χ4n) is 2.57. The van der Waals surface area contributed by atoms with Crippen LogP contribution >= 0.6 is 0 Å². The lowest BCUT2D eigenvalue weighted by molar-refractivity contribution is -0.00610. The van der Waals surface area contributed by atoms with E-state index >= 15 is 0 Å². The van der Waals surface area contributed by atoms with Gasteiger partial charge in [0, 0.05) is 12.6 Å². The first-order valence-electron chi connectivity index (χ1n) is 7.43. The summed E-state index contributed by atoms with van der Waals surface area (Å²) >= 11 is 0. The molecule has 0 spiro atoms. The van der Waals surface area contributed by atoms with Crippen LogP contribution in [-0.4, -0.2) is 30.5 Å². The Hall–Kier alpha value is -0.970. The molecule has 20 heavy (non-hydrogen) atoms. The van der Waals surface area contributed by atoms with E-state index in [4.69, 9.17) is 4.74 Å². The van der Waals surface area contributed by atoms with Gasteiger partial charge in [0.15, 0.2) is 0 Å². The van der Waals surface area contributed by atoms with Crippen molar-refractivity contribution in [3.63, 3.8) is 0 Å². The summed E-state index contributed by atoms with van der Waals surface area (Å²) in [5.41, 5.74) is 0.883. The van der Waals surface area contributed by atoms with E-state index in [9.17, 15) is 9.50 Å². The standard InChI is InChI=1S/C16H24FNO2/c1-12(13-5-4-6-14(17)9-13)18-10-15(19)11-20-16-7-2-3-8-16/h4-6,9,12,15-16,18-19H,2-3,7-8,10-11H2,1H3/t12-,15?/m0/s1. The Morgan fingerprint density at radius 2 is 2.15 bits per heavy atom. The predicted molar refractivity (Wildman–Crippen MR) is 77.0 cm³/mol. The Labute approximate surface area is 120 Å². The Kier molecular flexibility index (Phi) is 5.95. The first-order valence-corrected chi connectivity index (χ1v) is 7.43. The highest BCUT2D eigenvalue weighted by atomic mass is 19.1. The monoisotopic (exact) mass is 281 g/mol. The molecule has 1 aromatic rings. The van der Waals surface area contributed by atoms with E-state index in [1.807, 2.05) is 13.0 Å². The van der Waals surface area contributed by atoms with Crippen LogP contribution in [0.5, 0.6) is 0 Å². The zero-order chi connectivity index (χ0) is 14.4. The van der Waals surface area contributed by atoms with Crippen molar-refractivity contribution in [3.8, 4) is 0 Å². The lowest BCUT2D eigenvalue weighted by Crippen LogP contribution is -2.33. The Bertz CT molecular complexity index is 407. The molecule has 3 nitrogen and oxygen atoms in total. The highest BCUT2D eigenvalue weighted by Gasteiger charge is 2.17. The number of aliphatic hydroxyl groups excluding tert-OH is 1. The molecule has 0 heterocycles. The van der Waals surface area contributed by atoms with Gasteiger partial charge in [-0.3, -0.25) is 0 Å². The van der Waals surface area contributed by atoms with Crippen molar-refractivity contribution in [2.75, 3.05) is 13.2 Å². The molecule has 0 aromatic heterocycles. The maximum atomic E-state index is 13.1. The van der Waals surface area contributed by atoms with Gasteiger partial charge in [0.1, 0.15) is 5.82 Å². The van der Waals surface area contributed by atoms with Gasteiger partial charge in [0.05, 0.1) is 18.8 Å². The van der Waals surface area contributed by atoms with Gasteiger partial charge in [-0.25, -0.2) is 4.39 Å². The van der Waals surface area contributed by atoms with Crippen molar-refractivity contribution in [1.82, 2.24) is 5.32 Å². The molecule has 1 aliphatic rings. The summed E-state index contributed by atoms with van der Waals surface area (Å²) in [4.78, 5) is 0. The van der Waals surface area contributed by atoms with E-state index < -0.39 is 6.10 Å². The van der Waals surface area contributed by atoms with E-state index in [0.717, 1.165) is 18.4 Å². The fourth-order valence-corrected chi connectivity index (χ4v) is 2.57. The molecule has 2 N–H and O–H groups in total. The van der Waals surface area contributed by atoms with Crippen molar-refractivity contribution in [2.45, 2.75) is 50.9 Å². The molecular weight excluding hydrogens is 257 g/mol. The van der Waals surface area contributed by atoms with Crippen LogP contribution in [0.15, 0.2) is 24.3 Å². The minimum atomic E-state index is -0.522. The molecule has 0 radical (unpaired) electrons. The van der Waals surface area contributed by atoms with E-state index in [0.29, 0.717) is 19.3 Å². The van der Waals surface area contributed by atoms with Gasteiger partial charge in [0.2, 0.25) is 0 Å². The van der Waals surface area contributed by atoms with E-state index in [-0.39, 0.29) is 11.9 Å². The quantitative estimate of drug-likeness (QED) is 0.807. The van der Waals surface area contributed by atoms with Gasteiger partial charge in [0.25, 0.3) is 0 Å². The van der Waals surface area contributed by atoms with Crippen LogP contribution in [0.2, 0.25) is 0 Å². The Balaban J connectivity index is 1.68. The number of benzene rings is 1. The summed E-state index contributed by atoms with van der Waals surface area (Å²) in [6.07, 6.45) is 4.49. The first kappa shape index (κ1) is 15.4. The molecule has 2 rings (SSSR count). The molecule has 1 saturated carbocycles. The maximum absolute atomic E-state index is 13.1. The van der Waals surface area contributed by atoms with Crippen LogP contribution in [0.25, 0.3) is 0 Å². The lowest BCUT2D eigenvalue weighted by Gasteiger charge is -2.19. The molecule has 1 fully saturated rings. The van der Waals surface area contributed by atoms with Crippen LogP contribution in [0, 0.1) is 5.82 Å². The Morgan fingerprint density at radius 1 is 1.40 bits per heavy atom. The molecule has 4 heteroatoms. The average molecular weight is 281 g/mol. The summed E-state index contributed by atoms with van der Waals surface area (Å²) in [5, 5.41) is 13.1. The average Bonchev–Trinajstić information content (AvgIpc) is 2.95. The third kappa shape index (κ3) is 4.85. The third-order valence-corrected chi connectivity index (χ3v) is 3.83. The van der Waals surface area contributed by atoms with Crippen LogP contribution in [-0.2, 0) is 4.74 Å². The zero-order valence-electron chi connectivity index (χ0n) is 12.0. The number of halogens is 1. The molecule has 1 aliphatic carbocycles. The summed E-state index contributed by atoms with van der Waals surface area (Å²) in [6, 6.07) is 6.52. The van der Waals surface area contributed by atoms with Crippen molar-refractivity contribution < 1.29 is 14.2 Å². The lowest BCUT2D eigenvalue weighted by atomic mass is 10.1. The number of nitrogens with one attached hydrogen (secondary N) is 1. The molecule has 1 unspecified atom stereocenters. The summed E-state index contributed by atoms with van der Waals surface area (Å²) in [5.74, 6) is -0.235. The second-order valence-electron chi connectivity index (χ2n) is 5.58.